The third-order valence-corrected chi connectivity index (χ3v) is 0.110. The van der Waals surface area contributed by atoms with Crippen LogP contribution in [-0.4, -0.2) is 17.7 Å². The molecule has 0 aromatic carbocycles. The van der Waals surface area contributed by atoms with Crippen molar-refractivity contribution in [1.82, 2.24) is 0 Å². The van der Waals surface area contributed by atoms with E-state index in [0.29, 0.717) is 6.21 Å². The Morgan fingerprint density at radius 3 is 2.60 bits per heavy atom. The van der Waals surface area contributed by atoms with Gasteiger partial charge in [-0.1, -0.05) is 5.16 Å². The molecule has 0 aromatic heterocycles. The molecule has 3 heteroatoms. The summed E-state index contributed by atoms with van der Waals surface area (Å²) in [5.74, 6) is 0. The van der Waals surface area contributed by atoms with E-state index in [9.17, 15) is 0 Å². The van der Waals surface area contributed by atoms with Crippen LogP contribution >= 0.6 is 0 Å². The topological polar surface area (TPSA) is 49.7 Å². The molecule has 0 rings (SSSR count). The molecular formula is C2H2NO2. The lowest BCUT2D eigenvalue weighted by Crippen LogP contribution is -1.66. The lowest BCUT2D eigenvalue weighted by atomic mass is 10.9. The predicted molar refractivity (Wildman–Crippen MR) is 16.0 cm³/mol. The van der Waals surface area contributed by atoms with Crippen LogP contribution in [0, 0.1) is 0 Å². The first-order valence-corrected chi connectivity index (χ1v) is 0.951. The summed E-state index contributed by atoms with van der Waals surface area (Å²) in [7, 11) is 0. The maximum absolute atomic E-state index is 8.97. The Balaban J connectivity index is 2.92. The molecule has 27 valence electrons. The molecule has 1 radical (unpaired) electrons. The predicted octanol–water partition coefficient (Wildman–Crippen LogP) is -0.444. The molecule has 0 fully saturated rings. The fraction of sp³-hybridized carbons (Fsp3) is 0. The molecule has 0 heterocycles. The van der Waals surface area contributed by atoms with Gasteiger partial charge in [-0.25, -0.2) is 0 Å². The first kappa shape index (κ1) is 4.14. The van der Waals surface area contributed by atoms with Gasteiger partial charge in [-0.15, -0.1) is 0 Å². The molecule has 0 aliphatic carbocycles. The molecule has 1 N–H and O–H groups in total. The van der Waals surface area contributed by atoms with Gasteiger partial charge in [0.1, 0.15) is 6.21 Å². The highest BCUT2D eigenvalue weighted by Crippen LogP contribution is 1.36. The van der Waals surface area contributed by atoms with Gasteiger partial charge in [0.05, 0.1) is 0 Å². The molecule has 0 aromatic rings. The largest absolute Gasteiger partial charge is 0.411 e. The molecule has 0 unspecified atom stereocenters. The summed E-state index contributed by atoms with van der Waals surface area (Å²) in [6.07, 6.45) is 1.85. The number of hydrogen-bond acceptors (Lipinski definition) is 3. The number of oxime groups is 1. The highest BCUT2D eigenvalue weighted by molar-refractivity contribution is 6.12. The Labute approximate surface area is 28.9 Å². The maximum Gasteiger partial charge on any atom is 0.248 e. The van der Waals surface area contributed by atoms with Crippen LogP contribution < -0.4 is 0 Å². The molecule has 0 aliphatic heterocycles. The van der Waals surface area contributed by atoms with Crippen LogP contribution in [0.15, 0.2) is 5.16 Å². The van der Waals surface area contributed by atoms with Gasteiger partial charge >= 0.3 is 0 Å². The average Bonchev–Trinajstić information content (AvgIpc) is 1.41. The summed E-state index contributed by atoms with van der Waals surface area (Å²) in [6, 6.07) is 0. The Morgan fingerprint density at radius 2 is 2.60 bits per heavy atom. The number of nitrogens with zero attached hydrogens (tertiary/aromatic N) is 1. The van der Waals surface area contributed by atoms with E-state index in [2.05, 4.69) is 5.16 Å². The van der Waals surface area contributed by atoms with Crippen molar-refractivity contribution in [2.24, 2.45) is 5.16 Å². The standard InChI is InChI=1S/C2H2NO2/c4-2-1-3-5/h1,5H/b3-1+. The van der Waals surface area contributed by atoms with Gasteiger partial charge in [-0.05, 0) is 0 Å². The Bertz CT molecular complexity index is 49.6. The first-order valence-electron chi connectivity index (χ1n) is 0.951. The van der Waals surface area contributed by atoms with Gasteiger partial charge < -0.3 is 5.21 Å². The van der Waals surface area contributed by atoms with Gasteiger partial charge in [0.2, 0.25) is 6.29 Å². The smallest absolute Gasteiger partial charge is 0.248 e. The Morgan fingerprint density at radius 1 is 2.00 bits per heavy atom. The second kappa shape index (κ2) is 3.14. The van der Waals surface area contributed by atoms with Crippen LogP contribution in [0.25, 0.3) is 0 Å². The van der Waals surface area contributed by atoms with Crippen molar-refractivity contribution in [2.75, 3.05) is 0 Å². The van der Waals surface area contributed by atoms with Gasteiger partial charge in [0, 0.05) is 0 Å². The van der Waals surface area contributed by atoms with Crippen LogP contribution in [0.5, 0.6) is 0 Å². The summed E-state index contributed by atoms with van der Waals surface area (Å²) in [6.45, 7) is 0. The van der Waals surface area contributed by atoms with Gasteiger partial charge in [0.15, 0.2) is 0 Å². The zero-order valence-corrected chi connectivity index (χ0v) is 2.38. The van der Waals surface area contributed by atoms with Crippen molar-refractivity contribution in [3.05, 3.63) is 0 Å². The molecule has 0 saturated heterocycles. The minimum absolute atomic E-state index is 0.625. The summed E-state index contributed by atoms with van der Waals surface area (Å²) < 4.78 is 0. The second-order valence-corrected chi connectivity index (χ2v) is 0.362. The normalized spacial score (nSPS) is 8.80. The molecule has 0 aliphatic rings. The molecule has 0 amide bonds. The summed E-state index contributed by atoms with van der Waals surface area (Å²) >= 11 is 0. The second-order valence-electron chi connectivity index (χ2n) is 0.362. The lowest BCUT2D eigenvalue weighted by molar-refractivity contribution is 0.322. The van der Waals surface area contributed by atoms with Crippen LogP contribution in [0.2, 0.25) is 0 Å². The van der Waals surface area contributed by atoms with E-state index in [1.807, 2.05) is 0 Å². The van der Waals surface area contributed by atoms with E-state index in [0.717, 1.165) is 0 Å². The summed E-state index contributed by atoms with van der Waals surface area (Å²) in [5, 5.41) is 9.68. The maximum atomic E-state index is 8.97. The Hall–Kier alpha value is -0.860. The van der Waals surface area contributed by atoms with Crippen molar-refractivity contribution in [3.63, 3.8) is 0 Å². The highest BCUT2D eigenvalue weighted by Gasteiger charge is 1.54. The van der Waals surface area contributed by atoms with Gasteiger partial charge in [0.25, 0.3) is 0 Å². The summed E-state index contributed by atoms with van der Waals surface area (Å²) in [5.41, 5.74) is 0. The van der Waals surface area contributed by atoms with Crippen LogP contribution in [0.3, 0.4) is 0 Å². The van der Waals surface area contributed by atoms with E-state index >= 15 is 0 Å². The van der Waals surface area contributed by atoms with Gasteiger partial charge in [-0.2, -0.15) is 0 Å². The number of rotatable bonds is 1. The number of hydrogen-bond donors (Lipinski definition) is 1. The Kier molecular flexibility index (Phi) is 2.60. The quantitative estimate of drug-likeness (QED) is 0.259. The minimum Gasteiger partial charge on any atom is -0.411 e. The van der Waals surface area contributed by atoms with E-state index in [-0.39, 0.29) is 0 Å². The van der Waals surface area contributed by atoms with E-state index in [1.54, 1.807) is 0 Å². The summed E-state index contributed by atoms with van der Waals surface area (Å²) in [4.78, 5) is 8.97. The minimum atomic E-state index is 0.625. The fourth-order valence-corrected chi connectivity index (χ4v) is 0.0236. The average molecular weight is 72.0 g/mol. The molecular weight excluding hydrogens is 70.0 g/mol. The third-order valence-electron chi connectivity index (χ3n) is 0.110. The number of carbonyl (C=O) groups excluding carboxylic acids is 1. The third kappa shape index (κ3) is 3.14. The highest BCUT2D eigenvalue weighted by atomic mass is 16.4. The van der Waals surface area contributed by atoms with Crippen molar-refractivity contribution >= 4 is 12.5 Å². The van der Waals surface area contributed by atoms with E-state index < -0.39 is 0 Å². The van der Waals surface area contributed by atoms with Crippen molar-refractivity contribution in [2.45, 2.75) is 0 Å². The van der Waals surface area contributed by atoms with Crippen molar-refractivity contribution in [1.29, 1.82) is 0 Å². The SMILES string of the molecule is O=[C]/C=N/O. The molecule has 0 bridgehead atoms. The zero-order chi connectivity index (χ0) is 4.12. The molecule has 0 spiro atoms. The zero-order valence-electron chi connectivity index (χ0n) is 2.38. The van der Waals surface area contributed by atoms with Crippen molar-refractivity contribution < 1.29 is 10.0 Å². The molecule has 0 atom stereocenters. The fourth-order valence-electron chi connectivity index (χ4n) is 0.0236. The molecule has 0 saturated carbocycles. The van der Waals surface area contributed by atoms with E-state index in [4.69, 9.17) is 10.0 Å². The van der Waals surface area contributed by atoms with E-state index in [1.165, 1.54) is 6.29 Å². The van der Waals surface area contributed by atoms with Crippen LogP contribution in [0.1, 0.15) is 0 Å². The van der Waals surface area contributed by atoms with Crippen LogP contribution in [-0.2, 0) is 4.79 Å². The van der Waals surface area contributed by atoms with Crippen molar-refractivity contribution in [3.8, 4) is 0 Å². The first-order chi connectivity index (χ1) is 2.41. The lowest BCUT2D eigenvalue weighted by Gasteiger charge is -1.53. The monoisotopic (exact) mass is 72.0 g/mol. The van der Waals surface area contributed by atoms with Crippen LogP contribution in [0.4, 0.5) is 0 Å². The van der Waals surface area contributed by atoms with Gasteiger partial charge in [-0.3, -0.25) is 4.79 Å². The molecule has 5 heavy (non-hydrogen) atoms. The molecule has 3 nitrogen and oxygen atoms in total.